The van der Waals surface area contributed by atoms with Crippen molar-refractivity contribution in [3.05, 3.63) is 29.8 Å². The van der Waals surface area contributed by atoms with E-state index < -0.39 is 0 Å². The third-order valence-corrected chi connectivity index (χ3v) is 4.17. The third-order valence-electron chi connectivity index (χ3n) is 4.17. The first-order valence-electron chi connectivity index (χ1n) is 7.34. The predicted molar refractivity (Wildman–Crippen MR) is 81.1 cm³/mol. The minimum atomic E-state index is -0.118. The number of hydrogen-bond acceptors (Lipinski definition) is 4. The molecule has 1 aromatic rings. The lowest BCUT2D eigenvalue weighted by molar-refractivity contribution is -0.145. The van der Waals surface area contributed by atoms with Gasteiger partial charge >= 0.3 is 5.97 Å². The molecule has 1 aliphatic heterocycles. The van der Waals surface area contributed by atoms with E-state index in [1.54, 1.807) is 0 Å². The van der Waals surface area contributed by atoms with Crippen molar-refractivity contribution in [3.8, 4) is 0 Å². The van der Waals surface area contributed by atoms with Gasteiger partial charge in [0.05, 0.1) is 13.0 Å². The van der Waals surface area contributed by atoms with Crippen LogP contribution in [-0.4, -0.2) is 39.3 Å². The van der Waals surface area contributed by atoms with Crippen molar-refractivity contribution in [3.63, 3.8) is 0 Å². The highest BCUT2D eigenvalue weighted by Crippen LogP contribution is 2.30. The summed E-state index contributed by atoms with van der Waals surface area (Å²) in [5.74, 6) is 0.0281. The molecule has 0 saturated carbocycles. The molecular formula is C16H24N2O2. The Labute approximate surface area is 121 Å². The first kappa shape index (κ1) is 14.9. The smallest absolute Gasteiger partial charge is 0.310 e. The maximum Gasteiger partial charge on any atom is 0.310 e. The molecule has 1 aromatic carbocycles. The van der Waals surface area contributed by atoms with Gasteiger partial charge in [-0.2, -0.15) is 0 Å². The maximum absolute atomic E-state index is 11.8. The molecule has 4 heteroatoms. The van der Waals surface area contributed by atoms with Gasteiger partial charge in [0.15, 0.2) is 0 Å². The fraction of sp³-hybridized carbons (Fsp3) is 0.562. The average molecular weight is 276 g/mol. The number of carbonyl (C=O) groups excluding carboxylic acids is 1. The van der Waals surface area contributed by atoms with E-state index in [4.69, 9.17) is 4.74 Å². The summed E-state index contributed by atoms with van der Waals surface area (Å²) in [6, 6.07) is 8.58. The van der Waals surface area contributed by atoms with E-state index in [0.717, 1.165) is 19.6 Å². The topological polar surface area (TPSA) is 41.6 Å². The van der Waals surface area contributed by atoms with Crippen LogP contribution in [0, 0.1) is 5.92 Å². The number of carbonyl (C=O) groups is 1. The van der Waals surface area contributed by atoms with Crippen LogP contribution in [0.5, 0.6) is 0 Å². The second-order valence-corrected chi connectivity index (χ2v) is 5.16. The Bertz CT molecular complexity index is 440. The van der Waals surface area contributed by atoms with Crippen molar-refractivity contribution in [1.82, 2.24) is 5.32 Å². The van der Waals surface area contributed by atoms with E-state index >= 15 is 0 Å². The molecule has 0 amide bonds. The molecule has 20 heavy (non-hydrogen) atoms. The Morgan fingerprint density at radius 3 is 2.45 bits per heavy atom. The van der Waals surface area contributed by atoms with Crippen molar-refractivity contribution in [2.24, 2.45) is 5.92 Å². The zero-order valence-corrected chi connectivity index (χ0v) is 12.6. The zero-order chi connectivity index (χ0) is 14.5. The van der Waals surface area contributed by atoms with Gasteiger partial charge in [-0.05, 0) is 31.5 Å². The summed E-state index contributed by atoms with van der Waals surface area (Å²) in [5.41, 5.74) is 2.45. The van der Waals surface area contributed by atoms with Crippen LogP contribution in [0.15, 0.2) is 24.3 Å². The van der Waals surface area contributed by atoms with Crippen molar-refractivity contribution < 1.29 is 9.53 Å². The molecule has 0 bridgehead atoms. The first-order valence-corrected chi connectivity index (χ1v) is 7.34. The van der Waals surface area contributed by atoms with Crippen LogP contribution in [0.2, 0.25) is 0 Å². The monoisotopic (exact) mass is 276 g/mol. The number of benzene rings is 1. The predicted octanol–water partition coefficient (Wildman–Crippen LogP) is 2.01. The van der Waals surface area contributed by atoms with Gasteiger partial charge < -0.3 is 15.0 Å². The Hall–Kier alpha value is -1.55. The average Bonchev–Trinajstić information content (AvgIpc) is 2.98. The quantitative estimate of drug-likeness (QED) is 0.835. The minimum Gasteiger partial charge on any atom is -0.469 e. The second-order valence-electron chi connectivity index (χ2n) is 5.16. The lowest BCUT2D eigenvalue weighted by Crippen LogP contribution is -2.23. The summed E-state index contributed by atoms with van der Waals surface area (Å²) in [7, 11) is 1.46. The van der Waals surface area contributed by atoms with E-state index in [0.29, 0.717) is 6.54 Å². The first-order chi connectivity index (χ1) is 9.71. The molecule has 1 fully saturated rings. The molecule has 0 radical (unpaired) electrons. The number of hydrogen-bond donors (Lipinski definition) is 1. The Balaban J connectivity index is 2.15. The number of anilines is 1. The number of methoxy groups -OCH3 is 1. The van der Waals surface area contributed by atoms with Gasteiger partial charge in [0.2, 0.25) is 0 Å². The summed E-state index contributed by atoms with van der Waals surface area (Å²) in [6.07, 6.45) is 0. The van der Waals surface area contributed by atoms with Crippen LogP contribution >= 0.6 is 0 Å². The van der Waals surface area contributed by atoms with Crippen molar-refractivity contribution in [1.29, 1.82) is 0 Å². The molecule has 1 saturated heterocycles. The third kappa shape index (κ3) is 2.96. The van der Waals surface area contributed by atoms with Gasteiger partial charge in [0.1, 0.15) is 0 Å². The molecule has 0 unspecified atom stereocenters. The highest BCUT2D eigenvalue weighted by molar-refractivity contribution is 5.74. The molecule has 0 aromatic heterocycles. The molecule has 2 rings (SSSR count). The van der Waals surface area contributed by atoms with Gasteiger partial charge in [0, 0.05) is 37.8 Å². The molecule has 1 heterocycles. The number of nitrogens with one attached hydrogen (secondary N) is 1. The Morgan fingerprint density at radius 1 is 1.25 bits per heavy atom. The Morgan fingerprint density at radius 2 is 1.90 bits per heavy atom. The number of nitrogens with zero attached hydrogens (tertiary/aromatic N) is 1. The van der Waals surface area contributed by atoms with Crippen LogP contribution in [0.25, 0.3) is 0 Å². The molecule has 0 aliphatic carbocycles. The number of esters is 1. The molecule has 1 aliphatic rings. The molecule has 0 spiro atoms. The standard InChI is InChI=1S/C16H24N2O2/c1-4-18(5-2)13-8-6-12(7-9-13)14-10-17-11-15(14)16(19)20-3/h6-9,14-15,17H,4-5,10-11H2,1-3H3/t14-,15+/m0/s1. The molecule has 1 N–H and O–H groups in total. The lowest BCUT2D eigenvalue weighted by atomic mass is 9.89. The SMILES string of the molecule is CCN(CC)c1ccc([C@@H]2CNC[C@H]2C(=O)OC)cc1. The number of rotatable bonds is 5. The van der Waals surface area contributed by atoms with E-state index in [2.05, 4.69) is 48.3 Å². The highest BCUT2D eigenvalue weighted by atomic mass is 16.5. The minimum absolute atomic E-state index is 0.0701. The van der Waals surface area contributed by atoms with E-state index in [1.165, 1.54) is 18.4 Å². The van der Waals surface area contributed by atoms with E-state index in [-0.39, 0.29) is 17.8 Å². The highest BCUT2D eigenvalue weighted by Gasteiger charge is 2.34. The zero-order valence-electron chi connectivity index (χ0n) is 12.6. The van der Waals surface area contributed by atoms with Crippen molar-refractivity contribution >= 4 is 11.7 Å². The largest absolute Gasteiger partial charge is 0.469 e. The van der Waals surface area contributed by atoms with Crippen molar-refractivity contribution in [2.75, 3.05) is 38.2 Å². The Kier molecular flexibility index (Phi) is 5.01. The van der Waals surface area contributed by atoms with Crippen LogP contribution in [0.3, 0.4) is 0 Å². The van der Waals surface area contributed by atoms with Crippen LogP contribution in [-0.2, 0) is 9.53 Å². The summed E-state index contributed by atoms with van der Waals surface area (Å²) in [5, 5.41) is 3.28. The fourth-order valence-corrected chi connectivity index (χ4v) is 2.95. The number of ether oxygens (including phenoxy) is 1. The van der Waals surface area contributed by atoms with Gasteiger partial charge in [-0.1, -0.05) is 12.1 Å². The van der Waals surface area contributed by atoms with Crippen molar-refractivity contribution in [2.45, 2.75) is 19.8 Å². The summed E-state index contributed by atoms with van der Waals surface area (Å²) in [6.45, 7) is 7.87. The van der Waals surface area contributed by atoms with Gasteiger partial charge in [-0.15, -0.1) is 0 Å². The van der Waals surface area contributed by atoms with Gasteiger partial charge in [-0.25, -0.2) is 0 Å². The molecular weight excluding hydrogens is 252 g/mol. The van der Waals surface area contributed by atoms with E-state index in [9.17, 15) is 4.79 Å². The van der Waals surface area contributed by atoms with Crippen LogP contribution < -0.4 is 10.2 Å². The second kappa shape index (κ2) is 6.75. The lowest BCUT2D eigenvalue weighted by Gasteiger charge is -2.22. The normalized spacial score (nSPS) is 21.8. The maximum atomic E-state index is 11.8. The fourth-order valence-electron chi connectivity index (χ4n) is 2.95. The molecule has 2 atom stereocenters. The van der Waals surface area contributed by atoms with Gasteiger partial charge in [-0.3, -0.25) is 4.79 Å². The summed E-state index contributed by atoms with van der Waals surface area (Å²) in [4.78, 5) is 14.1. The molecule has 4 nitrogen and oxygen atoms in total. The van der Waals surface area contributed by atoms with Crippen LogP contribution in [0.4, 0.5) is 5.69 Å². The summed E-state index contributed by atoms with van der Waals surface area (Å²) < 4.78 is 4.90. The van der Waals surface area contributed by atoms with Gasteiger partial charge in [0.25, 0.3) is 0 Å². The molecule has 110 valence electrons. The van der Waals surface area contributed by atoms with E-state index in [1.807, 2.05) is 0 Å². The summed E-state index contributed by atoms with van der Waals surface area (Å²) >= 11 is 0. The van der Waals surface area contributed by atoms with Crippen LogP contribution in [0.1, 0.15) is 25.3 Å².